The number of amides is 1. The van der Waals surface area contributed by atoms with Crippen LogP contribution in [0.3, 0.4) is 0 Å². The number of allylic oxidation sites excluding steroid dienone is 1. The summed E-state index contributed by atoms with van der Waals surface area (Å²) in [6.45, 7) is 1.62. The van der Waals surface area contributed by atoms with Crippen molar-refractivity contribution < 1.29 is 66.9 Å². The summed E-state index contributed by atoms with van der Waals surface area (Å²) in [5.74, 6) is -1.65. The molecule has 4 aromatic rings. The Morgan fingerprint density at radius 3 is 2.38 bits per heavy atom. The molecule has 61 heavy (non-hydrogen) atoms. The number of phosphoric ester groups is 1. The van der Waals surface area contributed by atoms with Crippen molar-refractivity contribution in [3.05, 3.63) is 84.0 Å². The highest BCUT2D eigenvalue weighted by atomic mass is 31.2. The highest BCUT2D eigenvalue weighted by molar-refractivity contribution is 7.53. The summed E-state index contributed by atoms with van der Waals surface area (Å²) in [6, 6.07) is 9.35. The lowest BCUT2D eigenvalue weighted by molar-refractivity contribution is -0.160. The minimum absolute atomic E-state index is 0.00389. The van der Waals surface area contributed by atoms with Crippen molar-refractivity contribution in [3.63, 3.8) is 0 Å². The van der Waals surface area contributed by atoms with Gasteiger partial charge >= 0.3 is 27.1 Å². The van der Waals surface area contributed by atoms with Gasteiger partial charge in [0.1, 0.15) is 53.8 Å². The van der Waals surface area contributed by atoms with E-state index in [0.29, 0.717) is 19.3 Å². The second kappa shape index (κ2) is 19.4. The van der Waals surface area contributed by atoms with Crippen LogP contribution in [0.4, 0.5) is 11.6 Å². The second-order valence-corrected chi connectivity index (χ2v) is 17.3. The summed E-state index contributed by atoms with van der Waals surface area (Å²) in [5.41, 5.74) is 9.67. The van der Waals surface area contributed by atoms with Crippen LogP contribution in [0.5, 0.6) is 0 Å². The first-order valence-electron chi connectivity index (χ1n) is 18.7. The molecule has 1 unspecified atom stereocenters. The van der Waals surface area contributed by atoms with Gasteiger partial charge in [0, 0.05) is 12.6 Å². The quantitative estimate of drug-likeness (QED) is 0.0344. The summed E-state index contributed by atoms with van der Waals surface area (Å²) in [5, 5.41) is 25.8. The van der Waals surface area contributed by atoms with E-state index < -0.39 is 101 Å². The van der Waals surface area contributed by atoms with Crippen molar-refractivity contribution in [2.45, 2.75) is 86.8 Å². The summed E-state index contributed by atoms with van der Waals surface area (Å²) in [7, 11) is -10.5. The molecule has 0 bridgehead atoms. The molecule has 6 rings (SSSR count). The fraction of sp³-hybridized carbons (Fsp3) is 0.457. The van der Waals surface area contributed by atoms with Gasteiger partial charge in [-0.3, -0.25) is 23.0 Å². The van der Waals surface area contributed by atoms with Gasteiger partial charge in [-0.15, -0.1) is 6.58 Å². The lowest BCUT2D eigenvalue weighted by Gasteiger charge is -2.27. The Kier molecular flexibility index (Phi) is 14.5. The Hall–Kier alpha value is -4.97. The van der Waals surface area contributed by atoms with Crippen LogP contribution in [0.25, 0.3) is 11.2 Å². The van der Waals surface area contributed by atoms with E-state index >= 15 is 0 Å². The second-order valence-electron chi connectivity index (χ2n) is 14.1. The largest absolute Gasteiger partial charge is 0.469 e. The average molecular weight is 894 g/mol. The van der Waals surface area contributed by atoms with Crippen LogP contribution in [0.2, 0.25) is 0 Å². The van der Waals surface area contributed by atoms with Crippen molar-refractivity contribution in [2.24, 2.45) is 0 Å². The van der Waals surface area contributed by atoms with Crippen LogP contribution in [0, 0.1) is 0 Å². The molecule has 0 saturated carbocycles. The lowest BCUT2D eigenvalue weighted by atomic mass is 10.0. The Morgan fingerprint density at radius 1 is 0.967 bits per heavy atom. The number of nitrogens with two attached hydrogens (primary N) is 2. The summed E-state index contributed by atoms with van der Waals surface area (Å²) < 4.78 is 55.4. The molecule has 330 valence electrons. The molecular formula is C35H45N9O15P2. The maximum Gasteiger partial charge on any atom is 0.469 e. The van der Waals surface area contributed by atoms with Gasteiger partial charge in [-0.25, -0.2) is 29.1 Å². The average Bonchev–Trinajstić information content (AvgIpc) is 3.88. The SMILES string of the molecule is C=CCCC(=O)N[C@@H](CCCc1ccccc1)C(=O)O[C@H]1[C@@H](O)[C@H](n2cnc3c(N)ncnc32)O[C@@H]1COP(=O)(O)[C@H]1[C@@H](O)[C@H](n2ccc(N)nc2=O)O[C@@H]1COP(=O)(O)O. The Morgan fingerprint density at radius 2 is 1.67 bits per heavy atom. The first-order chi connectivity index (χ1) is 29.0. The fourth-order valence-corrected chi connectivity index (χ4v) is 8.94. The molecular weight excluding hydrogens is 848 g/mol. The number of aliphatic hydroxyl groups excluding tert-OH is 2. The van der Waals surface area contributed by atoms with E-state index in [-0.39, 0.29) is 35.6 Å². The number of rotatable bonds is 19. The van der Waals surface area contributed by atoms with Gasteiger partial charge in [0.25, 0.3) is 0 Å². The molecule has 10 atom stereocenters. The molecule has 1 amide bonds. The van der Waals surface area contributed by atoms with Gasteiger partial charge in [0.15, 0.2) is 30.0 Å². The standard InChI is InChI=1S/C35H45N9O15P2/c1-2-3-12-24(45)41-20(11-7-10-19-8-5-4-6-9-19)34(48)59-28-21(57-32(26(28)46)44-18-40-25-30(37)38-17-39-31(25)44)15-55-60(50,51)29-22(16-56-61(52,53)54)58-33(27(29)47)43-14-13-23(36)42-35(43)49/h2,4-6,8-9,13-14,17-18,20-22,26-29,32-33,46-47H,1,3,7,10-12,15-16H2,(H,41,45)(H,50,51)(H2,36,42,49)(H2,37,38,39)(H2,52,53,54)/t20-,21+,22+,26+,27+,28+,29+,32+,33+/m0/s1. The Labute approximate surface area is 346 Å². The first-order valence-corrected chi connectivity index (χ1v) is 21.9. The number of fused-ring (bicyclic) bond motifs is 1. The minimum atomic E-state index is -5.26. The number of benzene rings is 1. The number of imidazole rings is 1. The molecule has 2 saturated heterocycles. The van der Waals surface area contributed by atoms with Crippen LogP contribution in [-0.2, 0) is 48.4 Å². The number of hydrogen-bond donors (Lipinski definition) is 8. The monoisotopic (exact) mass is 893 g/mol. The predicted octanol–water partition coefficient (Wildman–Crippen LogP) is -0.170. The molecule has 0 radical (unpaired) electrons. The normalized spacial score (nSPS) is 25.5. The van der Waals surface area contributed by atoms with Crippen LogP contribution in [0.1, 0.15) is 43.7 Å². The molecule has 3 aromatic heterocycles. The lowest BCUT2D eigenvalue weighted by Crippen LogP contribution is -2.46. The highest BCUT2D eigenvalue weighted by Crippen LogP contribution is 2.56. The van der Waals surface area contributed by atoms with E-state index in [1.54, 1.807) is 0 Å². The van der Waals surface area contributed by atoms with E-state index in [1.165, 1.54) is 23.0 Å². The number of aromatic nitrogens is 6. The highest BCUT2D eigenvalue weighted by Gasteiger charge is 2.56. The number of aliphatic hydroxyl groups is 2. The van der Waals surface area contributed by atoms with E-state index in [2.05, 4.69) is 36.4 Å². The third kappa shape index (κ3) is 10.9. The van der Waals surface area contributed by atoms with E-state index in [9.17, 15) is 48.4 Å². The zero-order valence-corrected chi connectivity index (χ0v) is 34.0. The summed E-state index contributed by atoms with van der Waals surface area (Å²) >= 11 is 0. The third-order valence-corrected chi connectivity index (χ3v) is 12.3. The zero-order chi connectivity index (χ0) is 44.1. The third-order valence-electron chi connectivity index (χ3n) is 9.89. The number of ether oxygens (including phenoxy) is 3. The number of aryl methyl sites for hydroxylation is 1. The molecule has 0 aliphatic carbocycles. The number of carbonyl (C=O) groups is 2. The van der Waals surface area contributed by atoms with Crippen molar-refractivity contribution in [1.82, 2.24) is 34.4 Å². The molecule has 5 heterocycles. The smallest absolute Gasteiger partial charge is 0.455 e. The number of nitrogens with zero attached hydrogens (tertiary/aromatic N) is 6. The van der Waals surface area contributed by atoms with Crippen molar-refractivity contribution in [1.29, 1.82) is 0 Å². The zero-order valence-electron chi connectivity index (χ0n) is 32.2. The number of phosphoric acid groups is 1. The predicted molar refractivity (Wildman–Crippen MR) is 211 cm³/mol. The van der Waals surface area contributed by atoms with E-state index in [0.717, 1.165) is 22.7 Å². The van der Waals surface area contributed by atoms with Gasteiger partial charge in [0.05, 0.1) is 19.5 Å². The fourth-order valence-electron chi connectivity index (χ4n) is 6.96. The van der Waals surface area contributed by atoms with Crippen molar-refractivity contribution in [3.8, 4) is 0 Å². The number of anilines is 2. The van der Waals surface area contributed by atoms with E-state index in [4.69, 9.17) is 30.2 Å². The molecule has 1 aromatic carbocycles. The van der Waals surface area contributed by atoms with Gasteiger partial charge in [0.2, 0.25) is 5.91 Å². The Balaban J connectivity index is 1.27. The molecule has 2 aliphatic rings. The van der Waals surface area contributed by atoms with Crippen molar-refractivity contribution in [2.75, 3.05) is 24.7 Å². The van der Waals surface area contributed by atoms with E-state index in [1.807, 2.05) is 30.3 Å². The topological polar surface area (TPSA) is 358 Å². The number of nitrogen functional groups attached to an aromatic ring is 2. The molecule has 0 spiro atoms. The maximum absolute atomic E-state index is 14.1. The molecule has 2 aliphatic heterocycles. The maximum atomic E-state index is 14.1. The Bertz CT molecular complexity index is 2350. The van der Waals surface area contributed by atoms with Crippen LogP contribution in [-0.4, -0.2) is 121 Å². The molecule has 24 nitrogen and oxygen atoms in total. The van der Waals surface area contributed by atoms with Gasteiger partial charge in [-0.05, 0) is 37.3 Å². The first kappa shape index (κ1) is 45.6. The molecule has 10 N–H and O–H groups in total. The van der Waals surface area contributed by atoms with Crippen molar-refractivity contribution >= 4 is 50.1 Å². The summed E-state index contributed by atoms with van der Waals surface area (Å²) in [4.78, 5) is 85.4. The number of nitrogens with one attached hydrogen (secondary N) is 1. The number of carbonyl (C=O) groups excluding carboxylic acids is 2. The van der Waals surface area contributed by atoms with Crippen LogP contribution < -0.4 is 22.5 Å². The van der Waals surface area contributed by atoms with Gasteiger partial charge in [-0.1, -0.05) is 36.4 Å². The minimum Gasteiger partial charge on any atom is -0.455 e. The molecule has 26 heteroatoms. The summed E-state index contributed by atoms with van der Waals surface area (Å²) in [6.07, 6.45) is -5.61. The molecule has 2 fully saturated rings. The van der Waals surface area contributed by atoms with Gasteiger partial charge < -0.3 is 60.4 Å². The van der Waals surface area contributed by atoms with Crippen LogP contribution >= 0.6 is 15.4 Å². The van der Waals surface area contributed by atoms with Gasteiger partial charge in [-0.2, -0.15) is 4.98 Å². The van der Waals surface area contributed by atoms with Crippen LogP contribution in [0.15, 0.2) is 72.7 Å². The number of hydrogen-bond acceptors (Lipinski definition) is 18. The number of esters is 1.